The quantitative estimate of drug-likeness (QED) is 0.222. The lowest BCUT2D eigenvalue weighted by Gasteiger charge is -2.38. The summed E-state index contributed by atoms with van der Waals surface area (Å²) in [5.41, 5.74) is 13.6. The van der Waals surface area contributed by atoms with Crippen LogP contribution in [0.4, 0.5) is 9.57 Å². The standard InChI is InChI=1S/C25H25ClFN5O4S.C2H6O3S/c1-25(2)31-23(28)30-24(29)32(25)18-7-12-22(21(26)13-18)36-15-17-5-3-16(4-6-17)14-35-19-8-10-20(11-9-19)37(27,33)34;1-2-6(3,4)5/h3-13H,14-15H2,1-2H3,(H4,28,29,30,31);2H2,1H3,(H,3,4,5). The number of guanidine groups is 2. The van der Waals surface area contributed by atoms with Crippen LogP contribution in [0.1, 0.15) is 31.9 Å². The van der Waals surface area contributed by atoms with Crippen molar-refractivity contribution in [2.24, 2.45) is 21.5 Å². The third-order valence-corrected chi connectivity index (χ3v) is 7.72. The fourth-order valence-corrected chi connectivity index (χ4v) is 4.45. The number of halogens is 2. The molecule has 4 rings (SSSR count). The van der Waals surface area contributed by atoms with E-state index in [4.69, 9.17) is 37.1 Å². The third kappa shape index (κ3) is 9.81. The number of benzene rings is 3. The molecule has 5 N–H and O–H groups in total. The molecule has 1 aliphatic heterocycles. The van der Waals surface area contributed by atoms with Gasteiger partial charge in [0, 0.05) is 5.69 Å². The van der Waals surface area contributed by atoms with Gasteiger partial charge in [0.2, 0.25) is 11.9 Å². The first-order valence-electron chi connectivity index (χ1n) is 12.6. The second-order valence-electron chi connectivity index (χ2n) is 9.56. The van der Waals surface area contributed by atoms with Crippen molar-refractivity contribution in [2.45, 2.75) is 44.5 Å². The fraction of sp³-hybridized carbons (Fsp3) is 0.259. The SMILES string of the molecule is CC1(C)N=C(N)N=C(N)N1c1ccc(OCc2ccc(COc3ccc(S(=O)(=O)F)cc3)cc2)c(Cl)c1.CCS(=O)(=O)O. The number of rotatable bonds is 9. The lowest BCUT2D eigenvalue weighted by molar-refractivity contribution is 0.302. The van der Waals surface area contributed by atoms with Crippen LogP contribution in [0.3, 0.4) is 0 Å². The fourth-order valence-electron chi connectivity index (χ4n) is 3.75. The molecule has 0 spiro atoms. The van der Waals surface area contributed by atoms with Crippen LogP contribution in [-0.2, 0) is 33.6 Å². The first kappa shape index (κ1) is 33.6. The molecule has 0 atom stereocenters. The molecule has 0 amide bonds. The summed E-state index contributed by atoms with van der Waals surface area (Å²) in [6, 6.07) is 18.0. The van der Waals surface area contributed by atoms with Crippen LogP contribution in [0.5, 0.6) is 11.5 Å². The number of anilines is 1. The van der Waals surface area contributed by atoms with Gasteiger partial charge in [-0.25, -0.2) is 4.99 Å². The summed E-state index contributed by atoms with van der Waals surface area (Å²) in [4.78, 5) is 9.70. The molecular weight excluding hydrogens is 625 g/mol. The Morgan fingerprint density at radius 2 is 1.47 bits per heavy atom. The molecule has 1 heterocycles. The maximum Gasteiger partial charge on any atom is 0.332 e. The van der Waals surface area contributed by atoms with Crippen molar-refractivity contribution in [3.63, 3.8) is 0 Å². The van der Waals surface area contributed by atoms with Gasteiger partial charge in [0.1, 0.15) is 30.4 Å². The van der Waals surface area contributed by atoms with E-state index in [2.05, 4.69) is 9.98 Å². The van der Waals surface area contributed by atoms with E-state index >= 15 is 0 Å². The Morgan fingerprint density at radius 1 is 0.930 bits per heavy atom. The van der Waals surface area contributed by atoms with Gasteiger partial charge in [-0.2, -0.15) is 21.8 Å². The molecule has 0 saturated carbocycles. The van der Waals surface area contributed by atoms with Crippen molar-refractivity contribution in [2.75, 3.05) is 10.7 Å². The molecule has 232 valence electrons. The lowest BCUT2D eigenvalue weighted by atomic mass is 10.1. The van der Waals surface area contributed by atoms with E-state index in [1.54, 1.807) is 17.0 Å². The highest BCUT2D eigenvalue weighted by molar-refractivity contribution is 7.86. The van der Waals surface area contributed by atoms with Crippen molar-refractivity contribution in [3.05, 3.63) is 82.9 Å². The van der Waals surface area contributed by atoms with Crippen molar-refractivity contribution in [1.82, 2.24) is 0 Å². The minimum atomic E-state index is -4.73. The van der Waals surface area contributed by atoms with E-state index in [9.17, 15) is 20.7 Å². The molecule has 0 fully saturated rings. The summed E-state index contributed by atoms with van der Waals surface area (Å²) in [6.45, 7) is 5.65. The monoisotopic (exact) mass is 655 g/mol. The summed E-state index contributed by atoms with van der Waals surface area (Å²) in [5.74, 6) is 1.06. The number of hydrogen-bond acceptors (Lipinski definition) is 11. The summed E-state index contributed by atoms with van der Waals surface area (Å²) < 4.78 is 73.2. The summed E-state index contributed by atoms with van der Waals surface area (Å²) in [5, 5.41) is 0.403. The largest absolute Gasteiger partial charge is 0.489 e. The average molecular weight is 656 g/mol. The van der Waals surface area contributed by atoms with Crippen LogP contribution < -0.4 is 25.8 Å². The Kier molecular flexibility index (Phi) is 10.6. The molecule has 0 bridgehead atoms. The van der Waals surface area contributed by atoms with E-state index in [1.807, 2.05) is 44.2 Å². The molecule has 0 saturated heterocycles. The normalized spacial score (nSPS) is 14.6. The van der Waals surface area contributed by atoms with Crippen molar-refractivity contribution >= 4 is 49.5 Å². The Labute approximate surface area is 254 Å². The van der Waals surface area contributed by atoms with Gasteiger partial charge in [0.05, 0.1) is 15.7 Å². The van der Waals surface area contributed by atoms with Crippen molar-refractivity contribution in [1.29, 1.82) is 0 Å². The first-order chi connectivity index (χ1) is 20.0. The Balaban J connectivity index is 0.000000765. The summed E-state index contributed by atoms with van der Waals surface area (Å²) in [6.07, 6.45) is 0. The molecular formula is C27H31ClFN5O7S2. The Bertz CT molecular complexity index is 1720. The van der Waals surface area contributed by atoms with Gasteiger partial charge in [0.15, 0.2) is 0 Å². The number of nitrogens with zero attached hydrogens (tertiary/aromatic N) is 3. The Hall–Kier alpha value is -3.92. The first-order valence-corrected chi connectivity index (χ1v) is 16.0. The predicted molar refractivity (Wildman–Crippen MR) is 163 cm³/mol. The molecule has 16 heteroatoms. The number of nitrogens with two attached hydrogens (primary N) is 2. The van der Waals surface area contributed by atoms with Gasteiger partial charge < -0.3 is 20.9 Å². The van der Waals surface area contributed by atoms with Gasteiger partial charge in [0.25, 0.3) is 10.1 Å². The molecule has 0 aliphatic carbocycles. The van der Waals surface area contributed by atoms with Crippen LogP contribution in [0, 0.1) is 0 Å². The molecule has 1 aliphatic rings. The predicted octanol–water partition coefficient (Wildman–Crippen LogP) is 4.24. The van der Waals surface area contributed by atoms with Crippen LogP contribution in [0.2, 0.25) is 5.02 Å². The highest BCUT2D eigenvalue weighted by Gasteiger charge is 2.33. The van der Waals surface area contributed by atoms with Gasteiger partial charge in [-0.05, 0) is 74.4 Å². The molecule has 0 unspecified atom stereocenters. The summed E-state index contributed by atoms with van der Waals surface area (Å²) >= 11 is 6.48. The minimum absolute atomic E-state index is 0.118. The minimum Gasteiger partial charge on any atom is -0.489 e. The van der Waals surface area contributed by atoms with Crippen molar-refractivity contribution in [3.8, 4) is 11.5 Å². The van der Waals surface area contributed by atoms with E-state index in [-0.39, 0.29) is 24.3 Å². The summed E-state index contributed by atoms with van der Waals surface area (Å²) in [7, 11) is -8.39. The highest BCUT2D eigenvalue weighted by Crippen LogP contribution is 2.34. The zero-order valence-electron chi connectivity index (χ0n) is 23.4. The van der Waals surface area contributed by atoms with E-state index in [1.165, 1.54) is 19.1 Å². The highest BCUT2D eigenvalue weighted by atomic mass is 35.5. The molecule has 43 heavy (non-hydrogen) atoms. The molecule has 3 aromatic carbocycles. The average Bonchev–Trinajstić information content (AvgIpc) is 2.90. The van der Waals surface area contributed by atoms with Gasteiger partial charge in [-0.1, -0.05) is 35.9 Å². The van der Waals surface area contributed by atoms with Crippen LogP contribution in [0.25, 0.3) is 0 Å². The molecule has 0 radical (unpaired) electrons. The van der Waals surface area contributed by atoms with Crippen LogP contribution in [-0.4, -0.2) is 44.7 Å². The van der Waals surface area contributed by atoms with Gasteiger partial charge in [-0.15, -0.1) is 3.89 Å². The number of ether oxygens (including phenoxy) is 2. The van der Waals surface area contributed by atoms with E-state index < -0.39 is 30.9 Å². The molecule has 0 aromatic heterocycles. The molecule has 12 nitrogen and oxygen atoms in total. The molecule has 3 aromatic rings. The Morgan fingerprint density at radius 3 is 1.93 bits per heavy atom. The van der Waals surface area contributed by atoms with Crippen molar-refractivity contribution < 1.29 is 34.7 Å². The maximum atomic E-state index is 13.0. The second-order valence-corrected chi connectivity index (χ2v) is 13.1. The number of aliphatic imine (C=N–C) groups is 2. The zero-order chi connectivity index (χ0) is 32.0. The second kappa shape index (κ2) is 13.6. The van der Waals surface area contributed by atoms with E-state index in [0.717, 1.165) is 23.3 Å². The van der Waals surface area contributed by atoms with Gasteiger partial charge in [-0.3, -0.25) is 9.45 Å². The zero-order valence-corrected chi connectivity index (χ0v) is 25.8. The van der Waals surface area contributed by atoms with Crippen LogP contribution >= 0.6 is 11.6 Å². The third-order valence-electron chi connectivity index (χ3n) is 5.86. The maximum absolute atomic E-state index is 13.0. The topological polar surface area (TPSA) is 187 Å². The number of hydrogen-bond donors (Lipinski definition) is 3. The van der Waals surface area contributed by atoms with E-state index in [0.29, 0.717) is 28.8 Å². The lowest BCUT2D eigenvalue weighted by Crippen LogP contribution is -2.54. The smallest absolute Gasteiger partial charge is 0.332 e. The van der Waals surface area contributed by atoms with Gasteiger partial charge >= 0.3 is 10.2 Å². The van der Waals surface area contributed by atoms with Crippen LogP contribution in [0.15, 0.2) is 81.6 Å².